The molecule has 14 heteroatoms. The lowest BCUT2D eigenvalue weighted by Crippen LogP contribution is -2.11. The summed E-state index contributed by atoms with van der Waals surface area (Å²) in [5, 5.41) is 11.3. The molecule has 0 aliphatic heterocycles. The quantitative estimate of drug-likeness (QED) is 0.369. The highest BCUT2D eigenvalue weighted by atomic mass is 32.1. The number of aryl methyl sites for hydroxylation is 2. The number of rotatable bonds is 3. The molecule has 4 rings (SSSR count). The largest absolute Gasteiger partial charge is 0.416 e. The predicted molar refractivity (Wildman–Crippen MR) is 93.6 cm³/mol. The minimum absolute atomic E-state index is 0.0202. The normalized spacial score (nSPS) is 12.5. The van der Waals surface area contributed by atoms with Gasteiger partial charge in [-0.3, -0.25) is 0 Å². The van der Waals surface area contributed by atoms with Gasteiger partial charge in [-0.25, -0.2) is 0 Å². The van der Waals surface area contributed by atoms with E-state index in [1.54, 1.807) is 6.92 Å². The molecular formula is C17H9F6N5O2S. The van der Waals surface area contributed by atoms with Crippen LogP contribution in [0.3, 0.4) is 0 Å². The van der Waals surface area contributed by atoms with Crippen LogP contribution in [0.1, 0.15) is 22.6 Å². The van der Waals surface area contributed by atoms with Crippen LogP contribution in [-0.2, 0) is 12.4 Å². The summed E-state index contributed by atoms with van der Waals surface area (Å²) >= 11 is 1.01. The lowest BCUT2D eigenvalue weighted by molar-refractivity contribution is -0.143. The van der Waals surface area contributed by atoms with E-state index in [1.807, 2.05) is 0 Å². The fourth-order valence-electron chi connectivity index (χ4n) is 2.75. The van der Waals surface area contributed by atoms with Gasteiger partial charge >= 0.3 is 12.4 Å². The van der Waals surface area contributed by atoms with Gasteiger partial charge in [0.15, 0.2) is 0 Å². The second-order valence-electron chi connectivity index (χ2n) is 6.37. The molecule has 162 valence electrons. The summed E-state index contributed by atoms with van der Waals surface area (Å²) < 4.78 is 92.8. The zero-order valence-corrected chi connectivity index (χ0v) is 16.3. The third-order valence-corrected chi connectivity index (χ3v) is 5.05. The van der Waals surface area contributed by atoms with Crippen LogP contribution < -0.4 is 0 Å². The van der Waals surface area contributed by atoms with Crippen molar-refractivity contribution in [2.45, 2.75) is 26.2 Å². The summed E-state index contributed by atoms with van der Waals surface area (Å²) in [6, 6.07) is 1.05. The molecule has 3 aromatic heterocycles. The van der Waals surface area contributed by atoms with Crippen LogP contribution in [0.5, 0.6) is 0 Å². The number of benzene rings is 1. The summed E-state index contributed by atoms with van der Waals surface area (Å²) in [7, 11) is 0. The van der Waals surface area contributed by atoms with Crippen molar-refractivity contribution < 1.29 is 35.4 Å². The van der Waals surface area contributed by atoms with Crippen molar-refractivity contribution >= 4 is 11.5 Å². The van der Waals surface area contributed by atoms with Crippen LogP contribution in [0.25, 0.3) is 33.4 Å². The van der Waals surface area contributed by atoms with E-state index in [-0.39, 0.29) is 29.0 Å². The molecule has 0 bridgehead atoms. The van der Waals surface area contributed by atoms with Gasteiger partial charge < -0.3 is 9.05 Å². The van der Waals surface area contributed by atoms with Crippen LogP contribution >= 0.6 is 11.5 Å². The van der Waals surface area contributed by atoms with Crippen molar-refractivity contribution in [3.05, 3.63) is 40.8 Å². The average molecular weight is 461 g/mol. The van der Waals surface area contributed by atoms with Crippen LogP contribution in [0.4, 0.5) is 26.3 Å². The van der Waals surface area contributed by atoms with Crippen LogP contribution in [-0.4, -0.2) is 24.9 Å². The Kier molecular flexibility index (Phi) is 4.83. The molecule has 1 aromatic carbocycles. The fourth-order valence-corrected chi connectivity index (χ4v) is 3.40. The maximum atomic E-state index is 13.1. The highest BCUT2D eigenvalue weighted by Crippen LogP contribution is 2.40. The minimum atomic E-state index is -5.00. The molecule has 3 heterocycles. The molecule has 0 radical (unpaired) electrons. The number of nitrogens with zero attached hydrogens (tertiary/aromatic N) is 5. The highest BCUT2D eigenvalue weighted by molar-refractivity contribution is 7.09. The first-order chi connectivity index (χ1) is 14.4. The van der Waals surface area contributed by atoms with E-state index >= 15 is 0 Å². The number of hydrogen-bond donors (Lipinski definition) is 0. The Bertz CT molecular complexity index is 1220. The molecule has 0 spiro atoms. The molecule has 0 aliphatic carbocycles. The van der Waals surface area contributed by atoms with E-state index in [9.17, 15) is 26.3 Å². The third kappa shape index (κ3) is 3.89. The SMILES string of the molecule is Cc1nnsc1-c1noc(C)c1-c1nc(-c2cc(C(F)(F)F)cc(C(F)(F)F)c2)no1. The molecule has 0 aliphatic rings. The van der Waals surface area contributed by atoms with Gasteiger partial charge in [-0.2, -0.15) is 31.3 Å². The average Bonchev–Trinajstić information content (AvgIpc) is 3.39. The van der Waals surface area contributed by atoms with E-state index in [1.165, 1.54) is 6.92 Å². The van der Waals surface area contributed by atoms with Crippen molar-refractivity contribution in [2.24, 2.45) is 0 Å². The van der Waals surface area contributed by atoms with Gasteiger partial charge in [0.1, 0.15) is 21.9 Å². The summed E-state index contributed by atoms with van der Waals surface area (Å²) in [5.74, 6) is -0.405. The van der Waals surface area contributed by atoms with Crippen molar-refractivity contribution in [3.63, 3.8) is 0 Å². The molecule has 0 unspecified atom stereocenters. The monoisotopic (exact) mass is 461 g/mol. The first-order valence-corrected chi connectivity index (χ1v) is 9.12. The van der Waals surface area contributed by atoms with Crippen molar-refractivity contribution in [1.82, 2.24) is 24.9 Å². The molecule has 4 aromatic rings. The molecule has 0 saturated heterocycles. The van der Waals surface area contributed by atoms with Crippen molar-refractivity contribution in [1.29, 1.82) is 0 Å². The zero-order valence-electron chi connectivity index (χ0n) is 15.5. The smallest absolute Gasteiger partial charge is 0.360 e. The third-order valence-electron chi connectivity index (χ3n) is 4.22. The Hall–Kier alpha value is -3.29. The molecule has 0 atom stereocenters. The Balaban J connectivity index is 1.83. The molecule has 0 amide bonds. The highest BCUT2D eigenvalue weighted by Gasteiger charge is 2.37. The van der Waals surface area contributed by atoms with Crippen LogP contribution in [0, 0.1) is 13.8 Å². The maximum Gasteiger partial charge on any atom is 0.416 e. The Morgan fingerprint density at radius 3 is 2.06 bits per heavy atom. The lowest BCUT2D eigenvalue weighted by atomic mass is 10.0. The van der Waals surface area contributed by atoms with Gasteiger partial charge in [0.05, 0.1) is 16.8 Å². The van der Waals surface area contributed by atoms with Crippen molar-refractivity contribution in [3.8, 4) is 33.4 Å². The number of alkyl halides is 6. The van der Waals surface area contributed by atoms with Gasteiger partial charge in [-0.05, 0) is 43.6 Å². The number of halogens is 6. The molecular weight excluding hydrogens is 452 g/mol. The summed E-state index contributed by atoms with van der Waals surface area (Å²) in [5.41, 5.74) is -2.46. The second-order valence-corrected chi connectivity index (χ2v) is 7.12. The van der Waals surface area contributed by atoms with Gasteiger partial charge in [0, 0.05) is 5.56 Å². The Morgan fingerprint density at radius 2 is 1.52 bits per heavy atom. The first kappa shape index (κ1) is 21.0. The van der Waals surface area contributed by atoms with Gasteiger partial charge in [0.2, 0.25) is 5.82 Å². The topological polar surface area (TPSA) is 90.7 Å². The first-order valence-electron chi connectivity index (χ1n) is 8.34. The number of hydrogen-bond acceptors (Lipinski definition) is 8. The fraction of sp³-hybridized carbons (Fsp3) is 0.235. The Morgan fingerprint density at radius 1 is 0.871 bits per heavy atom. The van der Waals surface area contributed by atoms with Crippen molar-refractivity contribution in [2.75, 3.05) is 0 Å². The van der Waals surface area contributed by atoms with Crippen LogP contribution in [0.2, 0.25) is 0 Å². The van der Waals surface area contributed by atoms with Gasteiger partial charge in [0.25, 0.3) is 5.89 Å². The number of aromatic nitrogens is 5. The van der Waals surface area contributed by atoms with E-state index in [0.29, 0.717) is 22.7 Å². The van der Waals surface area contributed by atoms with Gasteiger partial charge in [-0.1, -0.05) is 14.8 Å². The molecule has 0 saturated carbocycles. The summed E-state index contributed by atoms with van der Waals surface area (Å²) in [4.78, 5) is 4.51. The van der Waals surface area contributed by atoms with Crippen LogP contribution in [0.15, 0.2) is 27.2 Å². The standard InChI is InChI=1S/C17H9F6N5O2S/c1-6-13(31-28-25-6)12-11(7(2)29-26-12)15-24-14(27-30-15)8-3-9(16(18,19)20)5-10(4-8)17(21,22)23/h3-5H,1-2H3. The second kappa shape index (κ2) is 7.14. The Labute approximate surface area is 172 Å². The van der Waals surface area contributed by atoms with Gasteiger partial charge in [-0.15, -0.1) is 5.10 Å². The van der Waals surface area contributed by atoms with E-state index in [0.717, 1.165) is 11.5 Å². The van der Waals surface area contributed by atoms with E-state index < -0.39 is 34.9 Å². The lowest BCUT2D eigenvalue weighted by Gasteiger charge is -2.12. The molecule has 7 nitrogen and oxygen atoms in total. The predicted octanol–water partition coefficient (Wildman–Crippen LogP) is 5.56. The zero-order chi connectivity index (χ0) is 22.6. The summed E-state index contributed by atoms with van der Waals surface area (Å²) in [6.45, 7) is 3.21. The molecule has 0 fully saturated rings. The maximum absolute atomic E-state index is 13.1. The van der Waals surface area contributed by atoms with E-state index in [4.69, 9.17) is 9.05 Å². The van der Waals surface area contributed by atoms with E-state index in [2.05, 4.69) is 24.9 Å². The molecule has 31 heavy (non-hydrogen) atoms. The minimum Gasteiger partial charge on any atom is -0.360 e. The molecule has 0 N–H and O–H groups in total. The summed E-state index contributed by atoms with van der Waals surface area (Å²) in [6.07, 6.45) is -10.0.